The zero-order chi connectivity index (χ0) is 16.2. The molecule has 0 unspecified atom stereocenters. The van der Waals surface area contributed by atoms with Gasteiger partial charge in [-0.05, 0) is 19.3 Å². The van der Waals surface area contributed by atoms with Crippen LogP contribution in [0.3, 0.4) is 0 Å². The number of aryl methyl sites for hydroxylation is 1. The van der Waals surface area contributed by atoms with Gasteiger partial charge in [0.1, 0.15) is 11.9 Å². The van der Waals surface area contributed by atoms with E-state index in [0.29, 0.717) is 13.1 Å². The molecule has 1 aromatic heterocycles. The van der Waals surface area contributed by atoms with Gasteiger partial charge in [-0.25, -0.2) is 4.98 Å². The molecule has 0 radical (unpaired) electrons. The second-order valence-electron chi connectivity index (χ2n) is 6.07. The first-order chi connectivity index (χ1) is 11.2. The number of aromatic nitrogens is 2. The first kappa shape index (κ1) is 16.6. The Kier molecular flexibility index (Phi) is 5.45. The van der Waals surface area contributed by atoms with Crippen LogP contribution in [0.1, 0.15) is 32.0 Å². The third-order valence-electron chi connectivity index (χ3n) is 4.50. The van der Waals surface area contributed by atoms with E-state index in [9.17, 15) is 4.79 Å². The van der Waals surface area contributed by atoms with E-state index in [0.717, 1.165) is 56.3 Å². The van der Waals surface area contributed by atoms with Crippen molar-refractivity contribution in [3.8, 4) is 0 Å². The SMILES string of the molecule is CCc1nsc(N2CCCN(C(=O)[C@@H]3CC[C@H](CN)O3)CC2)n1. The number of anilines is 1. The molecule has 3 rings (SSSR count). The summed E-state index contributed by atoms with van der Waals surface area (Å²) in [5.74, 6) is 1.02. The van der Waals surface area contributed by atoms with Gasteiger partial charge in [0.2, 0.25) is 5.13 Å². The summed E-state index contributed by atoms with van der Waals surface area (Å²) in [6.07, 6.45) is 3.22. The topological polar surface area (TPSA) is 84.6 Å². The molecular formula is C15H25N5O2S. The summed E-state index contributed by atoms with van der Waals surface area (Å²) >= 11 is 1.45. The fourth-order valence-electron chi connectivity index (χ4n) is 3.11. The highest BCUT2D eigenvalue weighted by atomic mass is 32.1. The molecule has 0 aliphatic carbocycles. The summed E-state index contributed by atoms with van der Waals surface area (Å²) in [5.41, 5.74) is 5.63. The first-order valence-electron chi connectivity index (χ1n) is 8.43. The normalized spacial score (nSPS) is 25.7. The zero-order valence-electron chi connectivity index (χ0n) is 13.6. The van der Waals surface area contributed by atoms with Crippen LogP contribution < -0.4 is 10.6 Å². The van der Waals surface area contributed by atoms with Crippen molar-refractivity contribution in [3.05, 3.63) is 5.82 Å². The minimum Gasteiger partial charge on any atom is -0.364 e. The van der Waals surface area contributed by atoms with E-state index in [1.54, 1.807) is 0 Å². The molecule has 2 atom stereocenters. The first-order valence-corrected chi connectivity index (χ1v) is 9.20. The van der Waals surface area contributed by atoms with E-state index in [-0.39, 0.29) is 18.1 Å². The number of hydrogen-bond acceptors (Lipinski definition) is 7. The molecule has 2 fully saturated rings. The lowest BCUT2D eigenvalue weighted by molar-refractivity contribution is -0.142. The molecule has 7 nitrogen and oxygen atoms in total. The smallest absolute Gasteiger partial charge is 0.251 e. The molecule has 0 bridgehead atoms. The van der Waals surface area contributed by atoms with Crippen molar-refractivity contribution >= 4 is 22.6 Å². The van der Waals surface area contributed by atoms with Gasteiger partial charge < -0.3 is 20.3 Å². The number of carbonyl (C=O) groups excluding carboxylic acids is 1. The van der Waals surface area contributed by atoms with Crippen LogP contribution in [0.2, 0.25) is 0 Å². The molecule has 128 valence electrons. The molecule has 2 saturated heterocycles. The molecule has 0 aromatic carbocycles. The lowest BCUT2D eigenvalue weighted by atomic mass is 10.2. The summed E-state index contributed by atoms with van der Waals surface area (Å²) < 4.78 is 10.1. The van der Waals surface area contributed by atoms with Gasteiger partial charge in [-0.1, -0.05) is 6.92 Å². The highest BCUT2D eigenvalue weighted by molar-refractivity contribution is 7.09. The molecule has 8 heteroatoms. The van der Waals surface area contributed by atoms with Gasteiger partial charge in [0.25, 0.3) is 5.91 Å². The standard InChI is InChI=1S/C15H25N5O2S/c1-2-13-17-15(23-18-13)20-7-3-6-19(8-9-20)14(21)12-5-4-11(10-16)22-12/h11-12H,2-10,16H2,1H3/t11-,12+/m1/s1. The van der Waals surface area contributed by atoms with Crippen LogP contribution in [0.15, 0.2) is 0 Å². The van der Waals surface area contributed by atoms with Crippen LogP contribution in [0.4, 0.5) is 5.13 Å². The number of ether oxygens (including phenoxy) is 1. The lowest BCUT2D eigenvalue weighted by Gasteiger charge is -2.24. The summed E-state index contributed by atoms with van der Waals surface area (Å²) in [6.45, 7) is 5.77. The van der Waals surface area contributed by atoms with E-state index >= 15 is 0 Å². The third-order valence-corrected chi connectivity index (χ3v) is 5.31. The highest BCUT2D eigenvalue weighted by Gasteiger charge is 2.33. The Morgan fingerprint density at radius 2 is 2.22 bits per heavy atom. The Balaban J connectivity index is 1.56. The average molecular weight is 339 g/mol. The minimum atomic E-state index is -0.302. The van der Waals surface area contributed by atoms with Crippen LogP contribution >= 0.6 is 11.5 Å². The van der Waals surface area contributed by atoms with Gasteiger partial charge in [0, 0.05) is 50.7 Å². The molecular weight excluding hydrogens is 314 g/mol. The van der Waals surface area contributed by atoms with Crippen molar-refractivity contribution < 1.29 is 9.53 Å². The Hall–Kier alpha value is -1.25. The Labute approximate surface area is 141 Å². The molecule has 23 heavy (non-hydrogen) atoms. The van der Waals surface area contributed by atoms with E-state index < -0.39 is 0 Å². The van der Waals surface area contributed by atoms with Crippen molar-refractivity contribution in [3.63, 3.8) is 0 Å². The minimum absolute atomic E-state index is 0.0429. The maximum atomic E-state index is 12.6. The van der Waals surface area contributed by atoms with Crippen molar-refractivity contribution in [1.29, 1.82) is 0 Å². The monoisotopic (exact) mass is 339 g/mol. The second kappa shape index (κ2) is 7.55. The summed E-state index contributed by atoms with van der Waals surface area (Å²) in [6, 6.07) is 0. The summed E-state index contributed by atoms with van der Waals surface area (Å²) in [4.78, 5) is 21.4. The summed E-state index contributed by atoms with van der Waals surface area (Å²) in [5, 5.41) is 0.969. The molecule has 0 saturated carbocycles. The maximum Gasteiger partial charge on any atom is 0.251 e. The largest absolute Gasteiger partial charge is 0.364 e. The lowest BCUT2D eigenvalue weighted by Crippen LogP contribution is -2.41. The van der Waals surface area contributed by atoms with Crippen LogP contribution in [-0.4, -0.2) is 65.1 Å². The molecule has 2 N–H and O–H groups in total. The highest BCUT2D eigenvalue weighted by Crippen LogP contribution is 2.23. The van der Waals surface area contributed by atoms with E-state index in [2.05, 4.69) is 21.2 Å². The van der Waals surface area contributed by atoms with Crippen molar-refractivity contribution in [1.82, 2.24) is 14.3 Å². The third kappa shape index (κ3) is 3.81. The molecule has 1 amide bonds. The number of amides is 1. The fourth-order valence-corrected chi connectivity index (χ4v) is 3.91. The Morgan fingerprint density at radius 3 is 2.91 bits per heavy atom. The van der Waals surface area contributed by atoms with E-state index in [4.69, 9.17) is 10.5 Å². The summed E-state index contributed by atoms with van der Waals surface area (Å²) in [7, 11) is 0. The number of nitrogens with two attached hydrogens (primary N) is 1. The predicted molar refractivity (Wildman–Crippen MR) is 89.6 cm³/mol. The molecule has 1 aromatic rings. The predicted octanol–water partition coefficient (Wildman–Crippen LogP) is 0.646. The number of carbonyl (C=O) groups is 1. The average Bonchev–Trinajstić information content (AvgIpc) is 3.18. The second-order valence-corrected chi connectivity index (χ2v) is 6.80. The maximum absolute atomic E-state index is 12.6. The molecule has 3 heterocycles. The Morgan fingerprint density at radius 1 is 1.35 bits per heavy atom. The van der Waals surface area contributed by atoms with Gasteiger partial charge in [-0.15, -0.1) is 0 Å². The van der Waals surface area contributed by atoms with Gasteiger partial charge in [0.15, 0.2) is 0 Å². The Bertz CT molecular complexity index is 538. The van der Waals surface area contributed by atoms with Crippen molar-refractivity contribution in [2.75, 3.05) is 37.6 Å². The van der Waals surface area contributed by atoms with Gasteiger partial charge >= 0.3 is 0 Å². The number of nitrogens with zero attached hydrogens (tertiary/aromatic N) is 4. The van der Waals surface area contributed by atoms with E-state index in [1.165, 1.54) is 11.5 Å². The molecule has 0 spiro atoms. The van der Waals surface area contributed by atoms with Crippen LogP contribution in [0.5, 0.6) is 0 Å². The number of hydrogen-bond donors (Lipinski definition) is 1. The van der Waals surface area contributed by atoms with Crippen LogP contribution in [-0.2, 0) is 16.0 Å². The van der Waals surface area contributed by atoms with Gasteiger partial charge in [-0.2, -0.15) is 4.37 Å². The van der Waals surface area contributed by atoms with Crippen LogP contribution in [0.25, 0.3) is 0 Å². The van der Waals surface area contributed by atoms with Crippen molar-refractivity contribution in [2.24, 2.45) is 5.73 Å². The van der Waals surface area contributed by atoms with Gasteiger partial charge in [0.05, 0.1) is 6.10 Å². The van der Waals surface area contributed by atoms with Crippen LogP contribution in [0, 0.1) is 0 Å². The van der Waals surface area contributed by atoms with Crippen molar-refractivity contribution in [2.45, 2.75) is 44.8 Å². The molecule has 2 aliphatic heterocycles. The fraction of sp³-hybridized carbons (Fsp3) is 0.800. The molecule has 2 aliphatic rings. The number of rotatable bonds is 4. The van der Waals surface area contributed by atoms with E-state index in [1.807, 2.05) is 4.90 Å². The quantitative estimate of drug-likeness (QED) is 0.867. The van der Waals surface area contributed by atoms with Gasteiger partial charge in [-0.3, -0.25) is 4.79 Å². The zero-order valence-corrected chi connectivity index (χ0v) is 14.4.